The fourth-order valence-corrected chi connectivity index (χ4v) is 3.33. The summed E-state index contributed by atoms with van der Waals surface area (Å²) in [6.45, 7) is 0.405. The molecule has 3 rings (SSSR count). The van der Waals surface area contributed by atoms with E-state index in [2.05, 4.69) is 26.6 Å². The SMILES string of the molecule is O=C(NC(=S)Nc1cccc([N+](=O)[O-])c1)c1cc(Br)ccc1OCCc1ccccc1. The second kappa shape index (κ2) is 10.6. The van der Waals surface area contributed by atoms with Crippen molar-refractivity contribution in [2.45, 2.75) is 6.42 Å². The van der Waals surface area contributed by atoms with E-state index in [1.54, 1.807) is 24.3 Å². The lowest BCUT2D eigenvalue weighted by Gasteiger charge is -2.14. The lowest BCUT2D eigenvalue weighted by Crippen LogP contribution is -2.34. The molecule has 9 heteroatoms. The number of rotatable bonds is 7. The Labute approximate surface area is 192 Å². The molecule has 0 atom stereocenters. The molecule has 31 heavy (non-hydrogen) atoms. The van der Waals surface area contributed by atoms with Gasteiger partial charge in [0, 0.05) is 28.7 Å². The minimum absolute atomic E-state index is 0.0145. The van der Waals surface area contributed by atoms with Gasteiger partial charge in [0.25, 0.3) is 11.6 Å². The first-order valence-electron chi connectivity index (χ1n) is 9.25. The van der Waals surface area contributed by atoms with Crippen LogP contribution in [0.4, 0.5) is 11.4 Å². The quantitative estimate of drug-likeness (QED) is 0.266. The van der Waals surface area contributed by atoms with Gasteiger partial charge in [-0.3, -0.25) is 20.2 Å². The zero-order valence-corrected chi connectivity index (χ0v) is 18.6. The molecule has 7 nitrogen and oxygen atoms in total. The molecule has 0 unspecified atom stereocenters. The Bertz CT molecular complexity index is 1110. The topological polar surface area (TPSA) is 93.5 Å². The number of ether oxygens (including phenoxy) is 1. The third-order valence-electron chi connectivity index (χ3n) is 4.22. The van der Waals surface area contributed by atoms with Crippen LogP contribution in [0.2, 0.25) is 0 Å². The van der Waals surface area contributed by atoms with E-state index >= 15 is 0 Å². The molecular weight excluding hydrogens is 482 g/mol. The zero-order chi connectivity index (χ0) is 22.2. The van der Waals surface area contributed by atoms with Gasteiger partial charge in [-0.2, -0.15) is 0 Å². The van der Waals surface area contributed by atoms with Crippen LogP contribution in [0.5, 0.6) is 5.75 Å². The number of non-ortho nitro benzene ring substituents is 1. The molecule has 0 spiro atoms. The Hall–Kier alpha value is -3.30. The van der Waals surface area contributed by atoms with Gasteiger partial charge in [-0.15, -0.1) is 0 Å². The summed E-state index contributed by atoms with van der Waals surface area (Å²) in [6, 6.07) is 20.9. The number of carbonyl (C=O) groups is 1. The highest BCUT2D eigenvalue weighted by Crippen LogP contribution is 2.24. The summed E-state index contributed by atoms with van der Waals surface area (Å²) in [5, 5.41) is 16.3. The van der Waals surface area contributed by atoms with Gasteiger partial charge < -0.3 is 10.1 Å². The van der Waals surface area contributed by atoms with E-state index in [9.17, 15) is 14.9 Å². The van der Waals surface area contributed by atoms with Crippen LogP contribution in [0, 0.1) is 10.1 Å². The molecule has 0 saturated carbocycles. The van der Waals surface area contributed by atoms with Crippen molar-refractivity contribution < 1.29 is 14.5 Å². The zero-order valence-electron chi connectivity index (χ0n) is 16.2. The van der Waals surface area contributed by atoms with Crippen molar-refractivity contribution in [3.63, 3.8) is 0 Å². The minimum Gasteiger partial charge on any atom is -0.492 e. The fourth-order valence-electron chi connectivity index (χ4n) is 2.76. The van der Waals surface area contributed by atoms with Crippen LogP contribution < -0.4 is 15.4 Å². The molecule has 0 radical (unpaired) electrons. The molecule has 0 heterocycles. The number of hydrogen-bond donors (Lipinski definition) is 2. The van der Waals surface area contributed by atoms with Gasteiger partial charge in [0.05, 0.1) is 17.1 Å². The van der Waals surface area contributed by atoms with Gasteiger partial charge in [0.2, 0.25) is 0 Å². The van der Waals surface area contributed by atoms with E-state index in [1.807, 2.05) is 30.3 Å². The van der Waals surface area contributed by atoms with Gasteiger partial charge in [-0.1, -0.05) is 52.3 Å². The number of nitro benzene ring substituents is 1. The van der Waals surface area contributed by atoms with Crippen molar-refractivity contribution >= 4 is 50.5 Å². The predicted molar refractivity (Wildman–Crippen MR) is 127 cm³/mol. The summed E-state index contributed by atoms with van der Waals surface area (Å²) in [5.74, 6) is -0.0336. The standard InChI is InChI=1S/C22H18BrN3O4S/c23-16-9-10-20(30-12-11-15-5-2-1-3-6-15)19(13-16)21(27)25-22(31)24-17-7-4-8-18(14-17)26(28)29/h1-10,13-14H,11-12H2,(H2,24,25,27,31). The van der Waals surface area contributed by atoms with E-state index in [4.69, 9.17) is 17.0 Å². The average Bonchev–Trinajstić information content (AvgIpc) is 2.75. The first kappa shape index (κ1) is 22.4. The maximum Gasteiger partial charge on any atom is 0.271 e. The van der Waals surface area contributed by atoms with Crippen LogP contribution in [0.25, 0.3) is 0 Å². The number of nitro groups is 1. The van der Waals surface area contributed by atoms with E-state index in [0.29, 0.717) is 34.5 Å². The van der Waals surface area contributed by atoms with Crippen molar-refractivity contribution in [1.82, 2.24) is 5.32 Å². The molecule has 0 bridgehead atoms. The van der Waals surface area contributed by atoms with Crippen LogP contribution >= 0.6 is 28.1 Å². The summed E-state index contributed by atoms with van der Waals surface area (Å²) in [7, 11) is 0. The molecule has 0 saturated heterocycles. The minimum atomic E-state index is -0.507. The Morgan fingerprint density at radius 2 is 1.84 bits per heavy atom. The van der Waals surface area contributed by atoms with Gasteiger partial charge in [-0.05, 0) is 42.0 Å². The van der Waals surface area contributed by atoms with Crippen LogP contribution in [0.3, 0.4) is 0 Å². The molecule has 3 aromatic rings. The highest BCUT2D eigenvalue weighted by Gasteiger charge is 2.15. The number of nitrogens with one attached hydrogen (secondary N) is 2. The molecule has 0 aliphatic heterocycles. The van der Waals surface area contributed by atoms with Gasteiger partial charge in [0.15, 0.2) is 5.11 Å². The van der Waals surface area contributed by atoms with Gasteiger partial charge in [-0.25, -0.2) is 0 Å². The van der Waals surface area contributed by atoms with E-state index in [1.165, 1.54) is 18.2 Å². The van der Waals surface area contributed by atoms with Crippen molar-refractivity contribution in [3.8, 4) is 5.75 Å². The second-order valence-electron chi connectivity index (χ2n) is 6.44. The summed E-state index contributed by atoms with van der Waals surface area (Å²) in [4.78, 5) is 23.2. The van der Waals surface area contributed by atoms with Crippen LogP contribution in [0.1, 0.15) is 15.9 Å². The molecule has 1 amide bonds. The van der Waals surface area contributed by atoms with Crippen molar-refractivity contribution in [3.05, 3.63) is 98.5 Å². The summed E-state index contributed by atoms with van der Waals surface area (Å²) >= 11 is 8.55. The monoisotopic (exact) mass is 499 g/mol. The largest absolute Gasteiger partial charge is 0.492 e. The smallest absolute Gasteiger partial charge is 0.271 e. The Kier molecular flexibility index (Phi) is 7.69. The Morgan fingerprint density at radius 1 is 1.06 bits per heavy atom. The van der Waals surface area contributed by atoms with Crippen molar-refractivity contribution in [2.24, 2.45) is 0 Å². The van der Waals surface area contributed by atoms with Crippen LogP contribution in [0.15, 0.2) is 77.3 Å². The first-order valence-corrected chi connectivity index (χ1v) is 10.5. The Morgan fingerprint density at radius 3 is 2.58 bits per heavy atom. The lowest BCUT2D eigenvalue weighted by atomic mass is 10.1. The third kappa shape index (κ3) is 6.59. The summed E-state index contributed by atoms with van der Waals surface area (Å²) in [6.07, 6.45) is 0.699. The molecule has 3 aromatic carbocycles. The summed E-state index contributed by atoms with van der Waals surface area (Å²) < 4.78 is 6.55. The number of nitrogens with zero attached hydrogens (tertiary/aromatic N) is 1. The van der Waals surface area contributed by atoms with Crippen molar-refractivity contribution in [2.75, 3.05) is 11.9 Å². The highest BCUT2D eigenvalue weighted by atomic mass is 79.9. The normalized spacial score (nSPS) is 10.2. The third-order valence-corrected chi connectivity index (χ3v) is 4.92. The average molecular weight is 500 g/mol. The number of halogens is 1. The number of carbonyl (C=O) groups excluding carboxylic acids is 1. The number of thiocarbonyl (C=S) groups is 1. The Balaban J connectivity index is 1.65. The molecule has 158 valence electrons. The molecule has 0 aromatic heterocycles. The summed E-state index contributed by atoms with van der Waals surface area (Å²) in [5.41, 5.74) is 1.76. The van der Waals surface area contributed by atoms with E-state index < -0.39 is 10.8 Å². The molecule has 0 aliphatic carbocycles. The maximum absolute atomic E-state index is 12.8. The van der Waals surface area contributed by atoms with E-state index in [-0.39, 0.29) is 10.8 Å². The lowest BCUT2D eigenvalue weighted by molar-refractivity contribution is -0.384. The number of amides is 1. The predicted octanol–water partition coefficient (Wildman–Crippen LogP) is 5.11. The van der Waals surface area contributed by atoms with Gasteiger partial charge >= 0.3 is 0 Å². The maximum atomic E-state index is 12.8. The van der Waals surface area contributed by atoms with Crippen LogP contribution in [-0.2, 0) is 6.42 Å². The van der Waals surface area contributed by atoms with E-state index in [0.717, 1.165) is 5.56 Å². The molecule has 0 fully saturated rings. The fraction of sp³-hybridized carbons (Fsp3) is 0.0909. The first-order chi connectivity index (χ1) is 14.9. The molecule has 2 N–H and O–H groups in total. The number of anilines is 1. The molecule has 0 aliphatic rings. The highest BCUT2D eigenvalue weighted by molar-refractivity contribution is 9.10. The number of benzene rings is 3. The van der Waals surface area contributed by atoms with Crippen LogP contribution in [-0.4, -0.2) is 22.5 Å². The van der Waals surface area contributed by atoms with Crippen molar-refractivity contribution in [1.29, 1.82) is 0 Å². The number of hydrogen-bond acceptors (Lipinski definition) is 5. The van der Waals surface area contributed by atoms with Gasteiger partial charge in [0.1, 0.15) is 5.75 Å². The molecular formula is C22H18BrN3O4S. The second-order valence-corrected chi connectivity index (χ2v) is 7.76.